The Morgan fingerprint density at radius 3 is 2.04 bits per heavy atom. The number of rotatable bonds is 7. The highest BCUT2D eigenvalue weighted by atomic mass is 16.5. The van der Waals surface area contributed by atoms with Crippen LogP contribution >= 0.6 is 0 Å². The van der Waals surface area contributed by atoms with Gasteiger partial charge >= 0.3 is 0 Å². The first-order chi connectivity index (χ1) is 10.7. The molecule has 0 fully saturated rings. The number of amides is 1. The van der Waals surface area contributed by atoms with Crippen molar-refractivity contribution in [3.8, 4) is 17.2 Å². The molecule has 6 nitrogen and oxygen atoms in total. The Morgan fingerprint density at radius 1 is 1.13 bits per heavy atom. The van der Waals surface area contributed by atoms with Gasteiger partial charge in [-0.15, -0.1) is 0 Å². The Balaban J connectivity index is 2.80. The van der Waals surface area contributed by atoms with Crippen LogP contribution in [0, 0.1) is 5.41 Å². The van der Waals surface area contributed by atoms with Gasteiger partial charge in [-0.05, 0) is 11.8 Å². The number of hydrogen-bond acceptors (Lipinski definition) is 5. The molecule has 1 aromatic rings. The molecule has 0 aliphatic heterocycles. The highest BCUT2D eigenvalue weighted by Crippen LogP contribution is 2.34. The van der Waals surface area contributed by atoms with Crippen LogP contribution in [0.5, 0.6) is 17.2 Å². The number of benzene rings is 1. The average Bonchev–Trinajstić information content (AvgIpc) is 2.52. The van der Waals surface area contributed by atoms with Crippen molar-refractivity contribution in [3.05, 3.63) is 17.7 Å². The van der Waals surface area contributed by atoms with Gasteiger partial charge in [0.25, 0.3) is 0 Å². The first-order valence-electron chi connectivity index (χ1n) is 7.56. The molecule has 0 heterocycles. The summed E-state index contributed by atoms with van der Waals surface area (Å²) < 4.78 is 16.0. The second-order valence-corrected chi connectivity index (χ2v) is 6.40. The minimum absolute atomic E-state index is 0.163. The average molecular weight is 324 g/mol. The molecule has 0 aliphatic carbocycles. The minimum atomic E-state index is -0.554. The number of methoxy groups -OCH3 is 3. The summed E-state index contributed by atoms with van der Waals surface area (Å²) >= 11 is 0. The number of carbonyl (C=O) groups excluding carboxylic acids is 1. The van der Waals surface area contributed by atoms with E-state index in [1.165, 1.54) is 0 Å². The first kappa shape index (κ1) is 19.1. The van der Waals surface area contributed by atoms with Crippen LogP contribution < -0.4 is 25.3 Å². The van der Waals surface area contributed by atoms with Crippen LogP contribution in [-0.4, -0.2) is 39.8 Å². The summed E-state index contributed by atoms with van der Waals surface area (Å²) in [5, 5.41) is 2.86. The highest BCUT2D eigenvalue weighted by Gasteiger charge is 2.27. The number of hydrogen-bond donors (Lipinski definition) is 2. The van der Waals surface area contributed by atoms with Gasteiger partial charge in [0.15, 0.2) is 0 Å². The van der Waals surface area contributed by atoms with E-state index in [-0.39, 0.29) is 11.3 Å². The van der Waals surface area contributed by atoms with Gasteiger partial charge in [-0.3, -0.25) is 4.79 Å². The summed E-state index contributed by atoms with van der Waals surface area (Å²) in [6, 6.07) is 3.03. The maximum atomic E-state index is 12.1. The molecule has 0 aliphatic rings. The van der Waals surface area contributed by atoms with Crippen LogP contribution in [0.3, 0.4) is 0 Å². The van der Waals surface area contributed by atoms with Crippen molar-refractivity contribution >= 4 is 5.91 Å². The molecular formula is C17H28N2O4. The molecule has 23 heavy (non-hydrogen) atoms. The van der Waals surface area contributed by atoms with Crippen molar-refractivity contribution < 1.29 is 19.0 Å². The zero-order valence-electron chi connectivity index (χ0n) is 14.9. The zero-order chi connectivity index (χ0) is 17.6. The van der Waals surface area contributed by atoms with Crippen molar-refractivity contribution in [2.45, 2.75) is 33.2 Å². The molecule has 0 saturated carbocycles. The second kappa shape index (κ2) is 8.06. The van der Waals surface area contributed by atoms with Crippen LogP contribution in [0.15, 0.2) is 12.1 Å². The summed E-state index contributed by atoms with van der Waals surface area (Å²) in [5.41, 5.74) is 6.54. The fraction of sp³-hybridized carbons (Fsp3) is 0.588. The van der Waals surface area contributed by atoms with E-state index in [2.05, 4.69) is 5.32 Å². The summed E-state index contributed by atoms with van der Waals surface area (Å²) in [7, 11) is 4.76. The van der Waals surface area contributed by atoms with E-state index in [1.807, 2.05) is 20.8 Å². The molecule has 1 amide bonds. The van der Waals surface area contributed by atoms with E-state index < -0.39 is 6.04 Å². The molecule has 1 rings (SSSR count). The quantitative estimate of drug-likeness (QED) is 0.798. The maximum Gasteiger partial charge on any atom is 0.237 e. The van der Waals surface area contributed by atoms with Gasteiger partial charge in [-0.1, -0.05) is 20.8 Å². The highest BCUT2D eigenvalue weighted by molar-refractivity contribution is 5.82. The fourth-order valence-corrected chi connectivity index (χ4v) is 2.14. The molecule has 3 N–H and O–H groups in total. The normalized spacial score (nSPS) is 12.5. The smallest absolute Gasteiger partial charge is 0.237 e. The summed E-state index contributed by atoms with van der Waals surface area (Å²) in [6.45, 7) is 6.26. The van der Waals surface area contributed by atoms with Gasteiger partial charge in [0.05, 0.1) is 27.4 Å². The summed E-state index contributed by atoms with van der Waals surface area (Å²) in [4.78, 5) is 12.1. The Bertz CT molecular complexity index is 513. The summed E-state index contributed by atoms with van der Waals surface area (Å²) in [6.07, 6.45) is 0.568. The van der Waals surface area contributed by atoms with Crippen LogP contribution in [0.1, 0.15) is 26.3 Å². The first-order valence-corrected chi connectivity index (χ1v) is 7.56. The lowest BCUT2D eigenvalue weighted by atomic mass is 9.87. The van der Waals surface area contributed by atoms with Crippen LogP contribution in [0.2, 0.25) is 0 Å². The second-order valence-electron chi connectivity index (χ2n) is 6.40. The van der Waals surface area contributed by atoms with Gasteiger partial charge in [0.2, 0.25) is 5.91 Å². The van der Waals surface area contributed by atoms with Gasteiger partial charge in [-0.2, -0.15) is 0 Å². The van der Waals surface area contributed by atoms with E-state index in [1.54, 1.807) is 33.5 Å². The Hall–Kier alpha value is -1.95. The Labute approximate surface area is 138 Å². The number of carbonyl (C=O) groups is 1. The van der Waals surface area contributed by atoms with Crippen molar-refractivity contribution in [2.75, 3.05) is 27.9 Å². The lowest BCUT2D eigenvalue weighted by Crippen LogP contribution is -2.49. The summed E-state index contributed by atoms with van der Waals surface area (Å²) in [5.74, 6) is 1.82. The standard InChI is InChI=1S/C17H28N2O4/c1-17(2,3)15(18)16(20)19-8-7-12-13(22-5)9-11(21-4)10-14(12)23-6/h9-10,15H,7-8,18H2,1-6H3,(H,19,20)/t15-/m1/s1. The van der Waals surface area contributed by atoms with Crippen molar-refractivity contribution in [1.82, 2.24) is 5.32 Å². The number of nitrogens with two attached hydrogens (primary N) is 1. The topological polar surface area (TPSA) is 82.8 Å². The fourth-order valence-electron chi connectivity index (χ4n) is 2.14. The molecule has 1 atom stereocenters. The van der Waals surface area contributed by atoms with Gasteiger partial charge in [0.1, 0.15) is 17.2 Å². The lowest BCUT2D eigenvalue weighted by molar-refractivity contribution is -0.124. The van der Waals surface area contributed by atoms with Crippen LogP contribution in [-0.2, 0) is 11.2 Å². The monoisotopic (exact) mass is 324 g/mol. The SMILES string of the molecule is COc1cc(OC)c(CCNC(=O)[C@@H](N)C(C)(C)C)c(OC)c1. The molecule has 6 heteroatoms. The van der Waals surface area contributed by atoms with Crippen LogP contribution in [0.25, 0.3) is 0 Å². The van der Waals surface area contributed by atoms with Crippen molar-refractivity contribution in [1.29, 1.82) is 0 Å². The van der Waals surface area contributed by atoms with E-state index in [4.69, 9.17) is 19.9 Å². The number of ether oxygens (including phenoxy) is 3. The molecule has 1 aromatic carbocycles. The maximum absolute atomic E-state index is 12.1. The molecule has 130 valence electrons. The third-order valence-corrected chi connectivity index (χ3v) is 3.71. The molecule has 0 saturated heterocycles. The largest absolute Gasteiger partial charge is 0.496 e. The lowest BCUT2D eigenvalue weighted by Gasteiger charge is -2.26. The molecule has 0 radical (unpaired) electrons. The zero-order valence-corrected chi connectivity index (χ0v) is 14.9. The van der Waals surface area contributed by atoms with Gasteiger partial charge < -0.3 is 25.3 Å². The third kappa shape index (κ3) is 5.03. The predicted octanol–water partition coefficient (Wildman–Crippen LogP) is 1.74. The molecule has 0 aromatic heterocycles. The van der Waals surface area contributed by atoms with E-state index in [0.717, 1.165) is 5.56 Å². The van der Waals surface area contributed by atoms with Gasteiger partial charge in [0, 0.05) is 24.2 Å². The molecule has 0 unspecified atom stereocenters. The third-order valence-electron chi connectivity index (χ3n) is 3.71. The molecule has 0 spiro atoms. The number of nitrogens with one attached hydrogen (secondary N) is 1. The molecular weight excluding hydrogens is 296 g/mol. The van der Waals surface area contributed by atoms with Crippen molar-refractivity contribution in [3.63, 3.8) is 0 Å². The van der Waals surface area contributed by atoms with E-state index >= 15 is 0 Å². The Morgan fingerprint density at radius 2 is 1.65 bits per heavy atom. The predicted molar refractivity (Wildman–Crippen MR) is 90.2 cm³/mol. The Kier molecular flexibility index (Phi) is 6.69. The van der Waals surface area contributed by atoms with Gasteiger partial charge in [-0.25, -0.2) is 0 Å². The molecule has 0 bridgehead atoms. The van der Waals surface area contributed by atoms with Crippen LogP contribution in [0.4, 0.5) is 0 Å². The minimum Gasteiger partial charge on any atom is -0.496 e. The van der Waals surface area contributed by atoms with Crippen molar-refractivity contribution in [2.24, 2.45) is 11.1 Å². The van der Waals surface area contributed by atoms with E-state index in [9.17, 15) is 4.79 Å². The van der Waals surface area contributed by atoms with E-state index in [0.29, 0.717) is 30.2 Å².